The molecule has 2 bridgehead atoms. The molecular formula is C27H28F3N2O+. The maximum Gasteiger partial charge on any atom is 0.416 e. The van der Waals surface area contributed by atoms with Crippen molar-refractivity contribution in [2.24, 2.45) is 11.8 Å². The molecule has 0 spiro atoms. The van der Waals surface area contributed by atoms with E-state index in [4.69, 9.17) is 0 Å². The summed E-state index contributed by atoms with van der Waals surface area (Å²) in [4.78, 5) is 4.43. The number of pyridine rings is 1. The second-order valence-electron chi connectivity index (χ2n) is 9.59. The van der Waals surface area contributed by atoms with E-state index in [2.05, 4.69) is 11.6 Å². The molecule has 172 valence electrons. The fourth-order valence-electron chi connectivity index (χ4n) is 6.13. The van der Waals surface area contributed by atoms with Crippen molar-refractivity contribution in [2.45, 2.75) is 37.7 Å². The molecule has 0 radical (unpaired) electrons. The molecule has 4 heterocycles. The fraction of sp³-hybridized carbons (Fsp3) is 0.370. The number of benzene rings is 2. The first-order valence-electron chi connectivity index (χ1n) is 11.5. The Hall–Kier alpha value is -2.70. The number of aliphatic hydroxyl groups is 1. The van der Waals surface area contributed by atoms with E-state index in [1.54, 1.807) is 18.3 Å². The Morgan fingerprint density at radius 2 is 1.88 bits per heavy atom. The molecule has 0 saturated carbocycles. The van der Waals surface area contributed by atoms with Crippen molar-refractivity contribution >= 4 is 10.9 Å². The summed E-state index contributed by atoms with van der Waals surface area (Å²) < 4.78 is 39.8. The number of aromatic nitrogens is 1. The molecule has 3 aromatic rings. The summed E-state index contributed by atoms with van der Waals surface area (Å²) >= 11 is 0. The summed E-state index contributed by atoms with van der Waals surface area (Å²) in [5.74, 6) is 0.827. The topological polar surface area (TPSA) is 33.1 Å². The van der Waals surface area contributed by atoms with Crippen LogP contribution in [0.3, 0.4) is 0 Å². The maximum absolute atomic E-state index is 13.1. The average molecular weight is 454 g/mol. The minimum atomic E-state index is -4.34. The van der Waals surface area contributed by atoms with Crippen LogP contribution in [0.1, 0.15) is 35.6 Å². The minimum Gasteiger partial charge on any atom is -0.382 e. The van der Waals surface area contributed by atoms with E-state index in [9.17, 15) is 18.3 Å². The molecule has 3 fully saturated rings. The lowest BCUT2D eigenvalue weighted by atomic mass is 9.71. The van der Waals surface area contributed by atoms with Crippen molar-refractivity contribution in [2.75, 3.05) is 13.1 Å². The fourth-order valence-corrected chi connectivity index (χ4v) is 6.13. The predicted molar refractivity (Wildman–Crippen MR) is 122 cm³/mol. The van der Waals surface area contributed by atoms with Crippen LogP contribution in [0.5, 0.6) is 0 Å². The van der Waals surface area contributed by atoms with Gasteiger partial charge in [0.25, 0.3) is 0 Å². The molecule has 5 atom stereocenters. The van der Waals surface area contributed by atoms with E-state index in [1.165, 1.54) is 0 Å². The molecule has 6 heteroatoms. The van der Waals surface area contributed by atoms with Crippen molar-refractivity contribution in [3.05, 3.63) is 90.1 Å². The first-order valence-corrected chi connectivity index (χ1v) is 11.5. The lowest BCUT2D eigenvalue weighted by Gasteiger charge is -2.58. The van der Waals surface area contributed by atoms with E-state index in [-0.39, 0.29) is 6.04 Å². The molecule has 1 N–H and O–H groups in total. The Kier molecular flexibility index (Phi) is 5.53. The number of nitrogens with zero attached hydrogens (tertiary/aromatic N) is 2. The Bertz CT molecular complexity index is 1150. The van der Waals surface area contributed by atoms with Gasteiger partial charge in [0.1, 0.15) is 18.7 Å². The lowest BCUT2D eigenvalue weighted by molar-refractivity contribution is -0.984. The average Bonchev–Trinajstić information content (AvgIpc) is 2.83. The summed E-state index contributed by atoms with van der Waals surface area (Å²) in [6, 6.07) is 15.2. The number of fused-ring (bicyclic) bond motifs is 4. The molecule has 3 aliphatic heterocycles. The lowest BCUT2D eigenvalue weighted by Crippen LogP contribution is -2.67. The van der Waals surface area contributed by atoms with Gasteiger partial charge in [-0.05, 0) is 35.7 Å². The summed E-state index contributed by atoms with van der Waals surface area (Å²) in [5, 5.41) is 12.6. The summed E-state index contributed by atoms with van der Waals surface area (Å²) in [6.45, 7) is 6.39. The molecule has 3 unspecified atom stereocenters. The van der Waals surface area contributed by atoms with Gasteiger partial charge in [0.05, 0.1) is 24.2 Å². The van der Waals surface area contributed by atoms with Crippen LogP contribution in [-0.2, 0) is 12.7 Å². The van der Waals surface area contributed by atoms with E-state index < -0.39 is 17.8 Å². The van der Waals surface area contributed by atoms with E-state index in [0.717, 1.165) is 60.1 Å². The highest BCUT2D eigenvalue weighted by Gasteiger charge is 2.54. The second kappa shape index (κ2) is 8.26. The Morgan fingerprint density at radius 3 is 2.61 bits per heavy atom. The molecule has 0 aliphatic carbocycles. The third-order valence-electron chi connectivity index (χ3n) is 7.82. The van der Waals surface area contributed by atoms with Gasteiger partial charge >= 0.3 is 6.18 Å². The normalized spacial score (nSPS) is 28.1. The van der Waals surface area contributed by atoms with E-state index in [0.29, 0.717) is 22.9 Å². The highest BCUT2D eigenvalue weighted by atomic mass is 19.4. The number of aliphatic hydroxyl groups excluding tert-OH is 1. The van der Waals surface area contributed by atoms with Crippen molar-refractivity contribution in [1.29, 1.82) is 0 Å². The number of para-hydroxylation sites is 1. The molecule has 3 saturated heterocycles. The van der Waals surface area contributed by atoms with Crippen LogP contribution >= 0.6 is 0 Å². The van der Waals surface area contributed by atoms with Crippen LogP contribution in [-0.4, -0.2) is 33.7 Å². The monoisotopic (exact) mass is 453 g/mol. The van der Waals surface area contributed by atoms with Crippen molar-refractivity contribution in [3.8, 4) is 0 Å². The first-order chi connectivity index (χ1) is 15.8. The van der Waals surface area contributed by atoms with Crippen LogP contribution in [0.2, 0.25) is 0 Å². The van der Waals surface area contributed by atoms with Crippen LogP contribution in [0.15, 0.2) is 73.4 Å². The van der Waals surface area contributed by atoms with Gasteiger partial charge in [0.15, 0.2) is 0 Å². The zero-order valence-electron chi connectivity index (χ0n) is 18.4. The molecule has 3 nitrogen and oxygen atoms in total. The predicted octanol–water partition coefficient (Wildman–Crippen LogP) is 5.90. The number of quaternary nitrogens is 1. The minimum absolute atomic E-state index is 0.0342. The molecule has 1 aromatic heterocycles. The summed E-state index contributed by atoms with van der Waals surface area (Å²) in [7, 11) is 0. The highest BCUT2D eigenvalue weighted by molar-refractivity contribution is 5.82. The molecule has 2 aromatic carbocycles. The van der Waals surface area contributed by atoms with Gasteiger partial charge in [0, 0.05) is 35.9 Å². The van der Waals surface area contributed by atoms with E-state index >= 15 is 0 Å². The van der Waals surface area contributed by atoms with Gasteiger partial charge in [0.2, 0.25) is 0 Å². The van der Waals surface area contributed by atoms with Crippen LogP contribution in [0.25, 0.3) is 10.9 Å². The van der Waals surface area contributed by atoms with Gasteiger partial charge in [-0.3, -0.25) is 4.98 Å². The quantitative estimate of drug-likeness (QED) is 0.386. The second-order valence-corrected chi connectivity index (χ2v) is 9.59. The van der Waals surface area contributed by atoms with Gasteiger partial charge in [-0.25, -0.2) is 0 Å². The van der Waals surface area contributed by atoms with Crippen molar-refractivity contribution in [3.63, 3.8) is 0 Å². The Morgan fingerprint density at radius 1 is 1.12 bits per heavy atom. The molecule has 3 aliphatic rings. The van der Waals surface area contributed by atoms with Crippen molar-refractivity contribution in [1.82, 2.24) is 4.98 Å². The van der Waals surface area contributed by atoms with Crippen molar-refractivity contribution < 1.29 is 22.8 Å². The molecule has 6 rings (SSSR count). The standard InChI is InChI=1S/C27H28F3N2O/c1-2-19-17-32(16-18-7-9-21(10-8-18)27(28,29)30)14-12-20(19)15-25(32)26(33)23-11-13-31-24-6-4-3-5-22(23)24/h2-11,13,19-20,25-26,33H,1,12,14-17H2/q+1/t19-,20?,25+,26?,32?/m0/s1. The zero-order chi connectivity index (χ0) is 23.2. The third kappa shape index (κ3) is 3.96. The summed E-state index contributed by atoms with van der Waals surface area (Å²) in [5.41, 5.74) is 1.96. The number of rotatable bonds is 5. The highest BCUT2D eigenvalue weighted by Crippen LogP contribution is 2.48. The Balaban J connectivity index is 1.51. The Labute approximate surface area is 191 Å². The molecule has 33 heavy (non-hydrogen) atoms. The van der Waals surface area contributed by atoms with Gasteiger partial charge in [-0.1, -0.05) is 36.4 Å². The largest absolute Gasteiger partial charge is 0.416 e. The van der Waals surface area contributed by atoms with E-state index in [1.807, 2.05) is 36.4 Å². The smallest absolute Gasteiger partial charge is 0.382 e. The van der Waals surface area contributed by atoms with Gasteiger partial charge in [-0.15, -0.1) is 6.58 Å². The first kappa shape index (κ1) is 22.1. The molecular weight excluding hydrogens is 425 g/mol. The summed E-state index contributed by atoms with van der Waals surface area (Å²) in [6.07, 6.45) is 0.648. The maximum atomic E-state index is 13.1. The SMILES string of the molecule is C=C[C@H]1C[N+]2(Cc3ccc(C(F)(F)F)cc3)CCC1C[C@@H]2C(O)c1ccnc2ccccc12. The third-order valence-corrected chi connectivity index (χ3v) is 7.82. The number of piperidine rings is 3. The number of hydrogen-bond donors (Lipinski definition) is 1. The number of alkyl halides is 3. The van der Waals surface area contributed by atoms with Gasteiger partial charge < -0.3 is 9.59 Å². The van der Waals surface area contributed by atoms with Crippen LogP contribution in [0.4, 0.5) is 13.2 Å². The van der Waals surface area contributed by atoms with Crippen LogP contribution < -0.4 is 0 Å². The number of halogens is 3. The number of hydrogen-bond acceptors (Lipinski definition) is 2. The molecule has 0 amide bonds. The zero-order valence-corrected chi connectivity index (χ0v) is 18.4. The van der Waals surface area contributed by atoms with Gasteiger partial charge in [-0.2, -0.15) is 13.2 Å². The van der Waals surface area contributed by atoms with Crippen LogP contribution in [0, 0.1) is 11.8 Å².